The van der Waals surface area contributed by atoms with E-state index in [1.54, 1.807) is 0 Å². The summed E-state index contributed by atoms with van der Waals surface area (Å²) in [5.41, 5.74) is 12.0. The third-order valence-electron chi connectivity index (χ3n) is 4.99. The van der Waals surface area contributed by atoms with Gasteiger partial charge >= 0.3 is 5.97 Å². The van der Waals surface area contributed by atoms with E-state index in [-0.39, 0.29) is 18.8 Å². The molecule has 0 saturated heterocycles. The Bertz CT molecular complexity index is 769. The molecule has 0 aromatic carbocycles. The minimum atomic E-state index is -1.19. The Hall–Kier alpha value is -2.99. The van der Waals surface area contributed by atoms with Crippen molar-refractivity contribution in [3.8, 4) is 0 Å². The number of amides is 3. The molecule has 0 spiro atoms. The lowest BCUT2D eigenvalue weighted by atomic mass is 10.0. The molecule has 0 radical (unpaired) electrons. The first-order valence-corrected chi connectivity index (χ1v) is 11.1. The molecule has 9 N–H and O–H groups in total. The van der Waals surface area contributed by atoms with Gasteiger partial charge in [0.25, 0.3) is 0 Å². The first kappa shape index (κ1) is 28.0. The van der Waals surface area contributed by atoms with Crippen LogP contribution in [0.5, 0.6) is 0 Å². The number of unbranched alkanes of at least 4 members (excludes halogenated alkanes) is 1. The first-order chi connectivity index (χ1) is 15.5. The molecule has 186 valence electrons. The number of aliphatic carboxylic acids is 1. The largest absolute Gasteiger partial charge is 0.480 e. The van der Waals surface area contributed by atoms with Gasteiger partial charge in [-0.3, -0.25) is 19.2 Å². The molecule has 3 amide bonds. The van der Waals surface area contributed by atoms with E-state index in [9.17, 15) is 19.2 Å². The average molecular weight is 468 g/mol. The second kappa shape index (κ2) is 14.2. The third kappa shape index (κ3) is 10.4. The molecule has 1 aromatic heterocycles. The number of carboxylic acid groups (broad SMARTS) is 1. The van der Waals surface area contributed by atoms with Gasteiger partial charge in [0.2, 0.25) is 17.7 Å². The monoisotopic (exact) mass is 467 g/mol. The van der Waals surface area contributed by atoms with Gasteiger partial charge in [-0.1, -0.05) is 20.3 Å². The molecule has 12 nitrogen and oxygen atoms in total. The van der Waals surface area contributed by atoms with Crippen LogP contribution in [0.2, 0.25) is 0 Å². The highest BCUT2D eigenvalue weighted by molar-refractivity contribution is 5.94. The number of aromatic amines is 1. The van der Waals surface area contributed by atoms with Gasteiger partial charge in [-0.15, -0.1) is 0 Å². The number of carbonyl (C=O) groups is 4. The number of aromatic nitrogens is 2. The lowest BCUT2D eigenvalue weighted by Gasteiger charge is -2.25. The Morgan fingerprint density at radius 3 is 2.21 bits per heavy atom. The maximum atomic E-state index is 13.1. The summed E-state index contributed by atoms with van der Waals surface area (Å²) in [7, 11) is 0. The molecular weight excluding hydrogens is 430 g/mol. The summed E-state index contributed by atoms with van der Waals surface area (Å²) >= 11 is 0. The van der Waals surface area contributed by atoms with Gasteiger partial charge in [-0.25, -0.2) is 4.98 Å². The van der Waals surface area contributed by atoms with E-state index in [1.807, 2.05) is 13.8 Å². The van der Waals surface area contributed by atoms with Crippen LogP contribution in [0.1, 0.15) is 52.1 Å². The van der Waals surface area contributed by atoms with E-state index >= 15 is 0 Å². The quantitative estimate of drug-likeness (QED) is 0.159. The third-order valence-corrected chi connectivity index (χ3v) is 4.99. The van der Waals surface area contributed by atoms with Crippen molar-refractivity contribution in [3.63, 3.8) is 0 Å². The highest BCUT2D eigenvalue weighted by Crippen LogP contribution is 2.08. The fourth-order valence-corrected chi connectivity index (χ4v) is 3.09. The zero-order chi connectivity index (χ0) is 25.0. The number of nitrogens with one attached hydrogen (secondary N) is 4. The predicted molar refractivity (Wildman–Crippen MR) is 122 cm³/mol. The zero-order valence-corrected chi connectivity index (χ0v) is 19.5. The van der Waals surface area contributed by atoms with Crippen LogP contribution in [0.3, 0.4) is 0 Å². The molecule has 1 aromatic rings. The minimum absolute atomic E-state index is 0.0396. The summed E-state index contributed by atoms with van der Waals surface area (Å²) in [6.45, 7) is 5.58. The van der Waals surface area contributed by atoms with Crippen molar-refractivity contribution in [2.75, 3.05) is 6.54 Å². The van der Waals surface area contributed by atoms with Crippen molar-refractivity contribution >= 4 is 23.7 Å². The van der Waals surface area contributed by atoms with Gasteiger partial charge in [0.15, 0.2) is 0 Å². The van der Waals surface area contributed by atoms with Gasteiger partial charge in [0.1, 0.15) is 18.1 Å². The Morgan fingerprint density at radius 1 is 1.03 bits per heavy atom. The fraction of sp³-hybridized carbons (Fsp3) is 0.667. The molecule has 0 saturated carbocycles. The van der Waals surface area contributed by atoms with Crippen LogP contribution in [0, 0.1) is 5.92 Å². The van der Waals surface area contributed by atoms with Gasteiger partial charge in [0.05, 0.1) is 12.4 Å². The van der Waals surface area contributed by atoms with Crippen LogP contribution in [0.25, 0.3) is 0 Å². The van der Waals surface area contributed by atoms with Crippen LogP contribution < -0.4 is 27.4 Å². The summed E-state index contributed by atoms with van der Waals surface area (Å²) in [5.74, 6) is -2.84. The van der Waals surface area contributed by atoms with Crippen LogP contribution >= 0.6 is 0 Å². The predicted octanol–water partition coefficient (Wildman–Crippen LogP) is -0.986. The molecule has 12 heteroatoms. The maximum Gasteiger partial charge on any atom is 0.325 e. The van der Waals surface area contributed by atoms with Crippen LogP contribution in [-0.4, -0.2) is 69.5 Å². The zero-order valence-electron chi connectivity index (χ0n) is 19.5. The number of hydrogen-bond donors (Lipinski definition) is 7. The summed E-state index contributed by atoms with van der Waals surface area (Å²) in [6.07, 6.45) is 5.21. The number of carbonyl (C=O) groups excluding carboxylic acids is 3. The molecule has 1 heterocycles. The van der Waals surface area contributed by atoms with Crippen molar-refractivity contribution in [1.29, 1.82) is 0 Å². The molecule has 0 bridgehead atoms. The highest BCUT2D eigenvalue weighted by atomic mass is 16.4. The Balaban J connectivity index is 2.94. The van der Waals surface area contributed by atoms with Gasteiger partial charge < -0.3 is 37.5 Å². The number of H-pyrrole nitrogens is 1. The second-order valence-electron chi connectivity index (χ2n) is 8.49. The SMILES string of the molecule is CC(C)CC(NC(=O)C(Cc1cnc[nH]1)NC(=O)C(N)CCCCN)C(=O)NC(C)C(=O)O. The van der Waals surface area contributed by atoms with E-state index in [1.165, 1.54) is 19.4 Å². The molecule has 0 aliphatic heterocycles. The highest BCUT2D eigenvalue weighted by Gasteiger charge is 2.30. The van der Waals surface area contributed by atoms with E-state index in [0.717, 1.165) is 6.42 Å². The van der Waals surface area contributed by atoms with Crippen molar-refractivity contribution in [1.82, 2.24) is 25.9 Å². The van der Waals surface area contributed by atoms with Crippen molar-refractivity contribution < 1.29 is 24.3 Å². The molecule has 33 heavy (non-hydrogen) atoms. The number of nitrogens with zero attached hydrogens (tertiary/aromatic N) is 1. The standard InChI is InChI=1S/C21H37N7O5/c1-12(2)8-16(19(30)26-13(3)21(32)33)28-20(31)17(9-14-10-24-11-25-14)27-18(29)15(23)6-4-5-7-22/h10-13,15-17H,4-9,22-23H2,1-3H3,(H,24,25)(H,26,30)(H,27,29)(H,28,31)(H,32,33). The molecule has 0 aliphatic rings. The Morgan fingerprint density at radius 2 is 1.67 bits per heavy atom. The maximum absolute atomic E-state index is 13.1. The van der Waals surface area contributed by atoms with Crippen molar-refractivity contribution in [3.05, 3.63) is 18.2 Å². The second-order valence-corrected chi connectivity index (χ2v) is 8.49. The topological polar surface area (TPSA) is 205 Å². The number of imidazole rings is 1. The summed E-state index contributed by atoms with van der Waals surface area (Å²) in [6, 6.07) is -3.91. The molecule has 0 fully saturated rings. The summed E-state index contributed by atoms with van der Waals surface area (Å²) in [4.78, 5) is 56.2. The lowest BCUT2D eigenvalue weighted by molar-refractivity contribution is -0.142. The van der Waals surface area contributed by atoms with Crippen LogP contribution in [-0.2, 0) is 25.6 Å². The van der Waals surface area contributed by atoms with E-state index in [4.69, 9.17) is 16.6 Å². The molecule has 0 aliphatic carbocycles. The number of rotatable bonds is 15. The van der Waals surface area contributed by atoms with Gasteiger partial charge in [0, 0.05) is 18.3 Å². The normalized spacial score (nSPS) is 14.7. The van der Waals surface area contributed by atoms with Crippen LogP contribution in [0.4, 0.5) is 0 Å². The number of hydrogen-bond acceptors (Lipinski definition) is 7. The molecule has 1 rings (SSSR count). The average Bonchev–Trinajstić information content (AvgIpc) is 3.25. The van der Waals surface area contributed by atoms with Gasteiger partial charge in [-0.05, 0) is 38.6 Å². The Kier molecular flexibility index (Phi) is 12.1. The van der Waals surface area contributed by atoms with E-state index in [0.29, 0.717) is 25.1 Å². The fourth-order valence-electron chi connectivity index (χ4n) is 3.09. The lowest BCUT2D eigenvalue weighted by Crippen LogP contribution is -2.57. The number of carboxylic acids is 1. The smallest absolute Gasteiger partial charge is 0.325 e. The van der Waals surface area contributed by atoms with E-state index in [2.05, 4.69) is 25.9 Å². The van der Waals surface area contributed by atoms with Gasteiger partial charge in [-0.2, -0.15) is 0 Å². The number of nitrogens with two attached hydrogens (primary N) is 2. The van der Waals surface area contributed by atoms with E-state index < -0.39 is 47.9 Å². The molecule has 4 atom stereocenters. The van der Waals surface area contributed by atoms with Crippen molar-refractivity contribution in [2.45, 2.75) is 77.0 Å². The first-order valence-electron chi connectivity index (χ1n) is 11.1. The van der Waals surface area contributed by atoms with Crippen molar-refractivity contribution in [2.24, 2.45) is 17.4 Å². The summed E-state index contributed by atoms with van der Waals surface area (Å²) in [5, 5.41) is 16.7. The molecular formula is C21H37N7O5. The summed E-state index contributed by atoms with van der Waals surface area (Å²) < 4.78 is 0. The Labute approximate surface area is 193 Å². The molecule has 4 unspecified atom stereocenters. The van der Waals surface area contributed by atoms with Crippen LogP contribution in [0.15, 0.2) is 12.5 Å². The minimum Gasteiger partial charge on any atom is -0.480 e.